The molecule has 2 heterocycles. The van der Waals surface area contributed by atoms with Crippen LogP contribution >= 0.6 is 0 Å². The van der Waals surface area contributed by atoms with Gasteiger partial charge in [-0.3, -0.25) is 4.79 Å². The zero-order chi connectivity index (χ0) is 13.2. The Bertz CT molecular complexity index is 579. The lowest BCUT2D eigenvalue weighted by Gasteiger charge is -2.13. The van der Waals surface area contributed by atoms with E-state index in [2.05, 4.69) is 4.98 Å². The highest BCUT2D eigenvalue weighted by molar-refractivity contribution is 5.74. The fourth-order valence-corrected chi connectivity index (χ4v) is 2.33. The van der Waals surface area contributed by atoms with Crippen molar-refractivity contribution in [1.82, 2.24) is 9.55 Å². The molecule has 5 nitrogen and oxygen atoms in total. The van der Waals surface area contributed by atoms with Crippen LogP contribution in [0.1, 0.15) is 17.4 Å². The molecule has 0 amide bonds. The molecule has 0 aliphatic carbocycles. The highest BCUT2D eigenvalue weighted by Crippen LogP contribution is 2.28. The van der Waals surface area contributed by atoms with E-state index in [1.807, 2.05) is 41.1 Å². The molecule has 2 atom stereocenters. The monoisotopic (exact) mass is 257 g/mol. The summed E-state index contributed by atoms with van der Waals surface area (Å²) in [6, 6.07) is 9.23. The number of imidazole rings is 1. The summed E-state index contributed by atoms with van der Waals surface area (Å²) in [5.41, 5.74) is 6.99. The number of benzene rings is 1. The Morgan fingerprint density at radius 3 is 2.95 bits per heavy atom. The van der Waals surface area contributed by atoms with Crippen LogP contribution in [-0.4, -0.2) is 15.5 Å². The maximum Gasteiger partial charge on any atom is 0.313 e. The van der Waals surface area contributed by atoms with Crippen molar-refractivity contribution >= 4 is 5.97 Å². The molecular formula is C14H15N3O2. The number of hydrogen-bond donors (Lipinski definition) is 1. The van der Waals surface area contributed by atoms with Gasteiger partial charge in [-0.1, -0.05) is 30.3 Å². The molecule has 0 fully saturated rings. The Kier molecular flexibility index (Phi) is 3.05. The Labute approximate surface area is 111 Å². The third-order valence-electron chi connectivity index (χ3n) is 3.40. The molecule has 1 aliphatic heterocycles. The number of hydrogen-bond acceptors (Lipinski definition) is 4. The molecule has 5 heteroatoms. The zero-order valence-electron chi connectivity index (χ0n) is 10.4. The normalized spacial score (nSPS) is 21.1. The number of nitrogens with two attached hydrogens (primary N) is 1. The summed E-state index contributed by atoms with van der Waals surface area (Å²) in [5.74, 6) is 0.149. The number of carbonyl (C=O) groups excluding carboxylic acids is 1. The Hall–Kier alpha value is -2.14. The van der Waals surface area contributed by atoms with E-state index >= 15 is 0 Å². The van der Waals surface area contributed by atoms with Gasteiger partial charge >= 0.3 is 5.97 Å². The van der Waals surface area contributed by atoms with E-state index in [-0.39, 0.29) is 24.5 Å². The molecule has 0 saturated heterocycles. The van der Waals surface area contributed by atoms with Crippen molar-refractivity contribution < 1.29 is 9.53 Å². The average molecular weight is 257 g/mol. The van der Waals surface area contributed by atoms with Gasteiger partial charge in [-0.15, -0.1) is 0 Å². The standard InChI is InChI=1S/C14H15N3O2/c15-12-11(8-17-7-6-16-13(12)17)14(18)19-9-10-4-2-1-3-5-10/h1-7,11-12H,8-9,15H2. The van der Waals surface area contributed by atoms with Crippen LogP contribution in [0.5, 0.6) is 0 Å². The second-order valence-corrected chi connectivity index (χ2v) is 4.66. The van der Waals surface area contributed by atoms with Crippen molar-refractivity contribution in [3.05, 3.63) is 54.1 Å². The maximum absolute atomic E-state index is 12.1. The SMILES string of the molecule is NC1c2nccn2CC1C(=O)OCc1ccccc1. The smallest absolute Gasteiger partial charge is 0.313 e. The predicted octanol–water partition coefficient (Wildman–Crippen LogP) is 1.26. The van der Waals surface area contributed by atoms with Crippen LogP contribution in [0, 0.1) is 5.92 Å². The van der Waals surface area contributed by atoms with Crippen molar-refractivity contribution in [2.24, 2.45) is 11.7 Å². The van der Waals surface area contributed by atoms with Gasteiger partial charge in [0.15, 0.2) is 0 Å². The second-order valence-electron chi connectivity index (χ2n) is 4.66. The van der Waals surface area contributed by atoms with Gasteiger partial charge in [0, 0.05) is 18.9 Å². The lowest BCUT2D eigenvalue weighted by atomic mass is 10.0. The van der Waals surface area contributed by atoms with Crippen LogP contribution in [0.2, 0.25) is 0 Å². The number of carbonyl (C=O) groups is 1. The highest BCUT2D eigenvalue weighted by atomic mass is 16.5. The van der Waals surface area contributed by atoms with Gasteiger partial charge in [0.05, 0.1) is 12.0 Å². The molecule has 2 N–H and O–H groups in total. The molecule has 2 aromatic rings. The van der Waals surface area contributed by atoms with Crippen LogP contribution in [0.4, 0.5) is 0 Å². The molecule has 0 saturated carbocycles. The van der Waals surface area contributed by atoms with Gasteiger partial charge in [0.25, 0.3) is 0 Å². The molecule has 3 rings (SSSR count). The van der Waals surface area contributed by atoms with Crippen molar-refractivity contribution in [3.63, 3.8) is 0 Å². The fraction of sp³-hybridized carbons (Fsp3) is 0.286. The Morgan fingerprint density at radius 1 is 1.42 bits per heavy atom. The van der Waals surface area contributed by atoms with Crippen molar-refractivity contribution in [2.75, 3.05) is 0 Å². The minimum absolute atomic E-state index is 0.262. The van der Waals surface area contributed by atoms with Gasteiger partial charge in [-0.05, 0) is 5.56 Å². The molecule has 2 unspecified atom stereocenters. The first kappa shape index (κ1) is 11.9. The van der Waals surface area contributed by atoms with Gasteiger partial charge in [0.1, 0.15) is 12.4 Å². The summed E-state index contributed by atoms with van der Waals surface area (Å²) in [6.45, 7) is 0.829. The van der Waals surface area contributed by atoms with Crippen LogP contribution < -0.4 is 5.73 Å². The summed E-state index contributed by atoms with van der Waals surface area (Å²) in [5, 5.41) is 0. The molecule has 1 aromatic carbocycles. The fourth-order valence-electron chi connectivity index (χ4n) is 2.33. The molecule has 0 bridgehead atoms. The molecule has 19 heavy (non-hydrogen) atoms. The van der Waals surface area contributed by atoms with E-state index in [0.717, 1.165) is 11.4 Å². The van der Waals surface area contributed by atoms with E-state index in [4.69, 9.17) is 10.5 Å². The predicted molar refractivity (Wildman–Crippen MR) is 68.9 cm³/mol. The molecule has 1 aliphatic rings. The highest BCUT2D eigenvalue weighted by Gasteiger charge is 2.37. The van der Waals surface area contributed by atoms with Crippen molar-refractivity contribution in [2.45, 2.75) is 19.2 Å². The van der Waals surface area contributed by atoms with Gasteiger partial charge in [-0.25, -0.2) is 4.98 Å². The van der Waals surface area contributed by atoms with Crippen LogP contribution in [0.15, 0.2) is 42.7 Å². The van der Waals surface area contributed by atoms with E-state index in [0.29, 0.717) is 6.54 Å². The van der Waals surface area contributed by atoms with Crippen LogP contribution in [0.3, 0.4) is 0 Å². The van der Waals surface area contributed by atoms with Gasteiger partial charge in [0.2, 0.25) is 0 Å². The lowest BCUT2D eigenvalue weighted by molar-refractivity contribution is -0.150. The number of fused-ring (bicyclic) bond motifs is 1. The minimum atomic E-state index is -0.377. The van der Waals surface area contributed by atoms with E-state index in [1.54, 1.807) is 6.20 Å². The van der Waals surface area contributed by atoms with Gasteiger partial charge in [-0.2, -0.15) is 0 Å². The van der Waals surface area contributed by atoms with Crippen LogP contribution in [0.25, 0.3) is 0 Å². The Balaban J connectivity index is 1.62. The number of ether oxygens (including phenoxy) is 1. The Morgan fingerprint density at radius 2 is 2.21 bits per heavy atom. The second kappa shape index (κ2) is 4.85. The molecular weight excluding hydrogens is 242 g/mol. The summed E-state index contributed by atoms with van der Waals surface area (Å²) in [4.78, 5) is 16.2. The summed E-state index contributed by atoms with van der Waals surface area (Å²) in [6.07, 6.45) is 3.53. The molecule has 0 radical (unpaired) electrons. The largest absolute Gasteiger partial charge is 0.460 e. The first-order valence-corrected chi connectivity index (χ1v) is 6.23. The first-order chi connectivity index (χ1) is 9.25. The minimum Gasteiger partial charge on any atom is -0.460 e. The maximum atomic E-state index is 12.1. The van der Waals surface area contributed by atoms with E-state index < -0.39 is 0 Å². The van der Waals surface area contributed by atoms with Crippen molar-refractivity contribution in [3.8, 4) is 0 Å². The molecule has 1 aromatic heterocycles. The van der Waals surface area contributed by atoms with Gasteiger partial charge < -0.3 is 15.0 Å². The summed E-state index contributed by atoms with van der Waals surface area (Å²) >= 11 is 0. The third-order valence-corrected chi connectivity index (χ3v) is 3.40. The molecule has 0 spiro atoms. The van der Waals surface area contributed by atoms with E-state index in [1.165, 1.54) is 0 Å². The summed E-state index contributed by atoms with van der Waals surface area (Å²) < 4.78 is 7.22. The van der Waals surface area contributed by atoms with Crippen LogP contribution in [-0.2, 0) is 22.7 Å². The first-order valence-electron chi connectivity index (χ1n) is 6.23. The number of esters is 1. The number of nitrogens with zero attached hydrogens (tertiary/aromatic N) is 2. The average Bonchev–Trinajstić information content (AvgIpc) is 3.01. The number of aromatic nitrogens is 2. The van der Waals surface area contributed by atoms with E-state index in [9.17, 15) is 4.79 Å². The third kappa shape index (κ3) is 2.24. The topological polar surface area (TPSA) is 70.1 Å². The quantitative estimate of drug-likeness (QED) is 0.840. The zero-order valence-corrected chi connectivity index (χ0v) is 10.4. The number of rotatable bonds is 3. The lowest BCUT2D eigenvalue weighted by Crippen LogP contribution is -2.27. The summed E-state index contributed by atoms with van der Waals surface area (Å²) in [7, 11) is 0. The van der Waals surface area contributed by atoms with Crippen molar-refractivity contribution in [1.29, 1.82) is 0 Å². The molecule has 98 valence electrons.